The summed E-state index contributed by atoms with van der Waals surface area (Å²) in [5.41, 5.74) is 0.781. The molecule has 0 saturated heterocycles. The number of halogens is 1. The third kappa shape index (κ3) is 4.08. The molecule has 1 aromatic rings. The number of benzene rings is 1. The first-order valence-electron chi connectivity index (χ1n) is 6.72. The van der Waals surface area contributed by atoms with Crippen LogP contribution in [0.2, 0.25) is 0 Å². The van der Waals surface area contributed by atoms with Gasteiger partial charge in [0.25, 0.3) is 0 Å². The summed E-state index contributed by atoms with van der Waals surface area (Å²) in [7, 11) is 0. The Labute approximate surface area is 127 Å². The molecule has 1 aliphatic rings. The fourth-order valence-electron chi connectivity index (χ4n) is 2.20. The van der Waals surface area contributed by atoms with E-state index in [1.807, 2.05) is 24.3 Å². The monoisotopic (exact) mass is 338 g/mol. The van der Waals surface area contributed by atoms with Crippen LogP contribution in [0.5, 0.6) is 0 Å². The molecule has 0 saturated carbocycles. The van der Waals surface area contributed by atoms with Crippen LogP contribution in [0.15, 0.2) is 40.9 Å². The number of hydrogen-bond acceptors (Lipinski definition) is 2. The lowest BCUT2D eigenvalue weighted by atomic mass is 10.0. The van der Waals surface area contributed by atoms with Crippen LogP contribution >= 0.6 is 15.9 Å². The van der Waals surface area contributed by atoms with Crippen LogP contribution in [0.25, 0.3) is 0 Å². The molecule has 0 radical (unpaired) electrons. The second kappa shape index (κ2) is 6.90. The number of carbonyl (C=O) groups is 1. The van der Waals surface area contributed by atoms with Gasteiger partial charge in [-0.2, -0.15) is 0 Å². The molecular formula is C15H19BrN2O2. The maximum Gasteiger partial charge on any atom is 0.315 e. The molecular weight excluding hydrogens is 320 g/mol. The third-order valence-corrected chi connectivity index (χ3v) is 3.92. The van der Waals surface area contributed by atoms with Crippen LogP contribution in [0.3, 0.4) is 0 Å². The molecule has 1 aliphatic carbocycles. The van der Waals surface area contributed by atoms with Crippen molar-refractivity contribution in [1.29, 1.82) is 0 Å². The molecule has 2 amide bonds. The number of aliphatic hydroxyl groups is 1. The Balaban J connectivity index is 1.85. The van der Waals surface area contributed by atoms with Gasteiger partial charge in [-0.3, -0.25) is 0 Å². The Hall–Kier alpha value is -1.33. The Morgan fingerprint density at radius 1 is 1.30 bits per heavy atom. The summed E-state index contributed by atoms with van der Waals surface area (Å²) in [5, 5.41) is 15.9. The standard InChI is InChI=1S/C15H19BrN2O2/c1-10(14(19)11-6-8-12(16)9-7-11)17-15(20)18-13-4-2-3-5-13/h2-3,6-10,13-14,19H,4-5H2,1H3,(H2,17,18,20). The van der Waals surface area contributed by atoms with E-state index in [9.17, 15) is 9.90 Å². The van der Waals surface area contributed by atoms with Crippen molar-refractivity contribution in [3.05, 3.63) is 46.5 Å². The van der Waals surface area contributed by atoms with Gasteiger partial charge in [0.15, 0.2) is 0 Å². The summed E-state index contributed by atoms with van der Waals surface area (Å²) in [6.07, 6.45) is 5.14. The maximum absolute atomic E-state index is 11.8. The van der Waals surface area contributed by atoms with Gasteiger partial charge in [-0.15, -0.1) is 0 Å². The van der Waals surface area contributed by atoms with Crippen molar-refractivity contribution < 1.29 is 9.90 Å². The highest BCUT2D eigenvalue weighted by Gasteiger charge is 2.20. The van der Waals surface area contributed by atoms with E-state index in [0.29, 0.717) is 0 Å². The zero-order valence-electron chi connectivity index (χ0n) is 11.3. The summed E-state index contributed by atoms with van der Waals surface area (Å²) in [5.74, 6) is 0. The van der Waals surface area contributed by atoms with E-state index < -0.39 is 6.10 Å². The predicted molar refractivity (Wildman–Crippen MR) is 82.4 cm³/mol. The topological polar surface area (TPSA) is 61.4 Å². The van der Waals surface area contributed by atoms with Gasteiger partial charge in [0.05, 0.1) is 12.1 Å². The molecule has 0 aliphatic heterocycles. The highest BCUT2D eigenvalue weighted by atomic mass is 79.9. The van der Waals surface area contributed by atoms with Gasteiger partial charge in [-0.1, -0.05) is 40.2 Å². The number of nitrogens with one attached hydrogen (secondary N) is 2. The summed E-state index contributed by atoms with van der Waals surface area (Å²) >= 11 is 3.35. The molecule has 3 N–H and O–H groups in total. The van der Waals surface area contributed by atoms with E-state index in [2.05, 4.69) is 38.7 Å². The molecule has 0 spiro atoms. The lowest BCUT2D eigenvalue weighted by Gasteiger charge is -2.22. The summed E-state index contributed by atoms with van der Waals surface area (Å²) in [6, 6.07) is 7.00. The summed E-state index contributed by atoms with van der Waals surface area (Å²) < 4.78 is 0.959. The van der Waals surface area contributed by atoms with Crippen LogP contribution in [0, 0.1) is 0 Å². The molecule has 2 atom stereocenters. The molecule has 2 unspecified atom stereocenters. The van der Waals surface area contributed by atoms with Gasteiger partial charge in [0.2, 0.25) is 0 Å². The quantitative estimate of drug-likeness (QED) is 0.739. The third-order valence-electron chi connectivity index (χ3n) is 3.39. The van der Waals surface area contributed by atoms with Gasteiger partial charge in [0, 0.05) is 10.5 Å². The van der Waals surface area contributed by atoms with E-state index in [4.69, 9.17) is 0 Å². The van der Waals surface area contributed by atoms with Crippen molar-refractivity contribution >= 4 is 22.0 Å². The van der Waals surface area contributed by atoms with Gasteiger partial charge in [0.1, 0.15) is 0 Å². The fourth-order valence-corrected chi connectivity index (χ4v) is 2.46. The number of rotatable bonds is 4. The molecule has 5 heteroatoms. The van der Waals surface area contributed by atoms with Crippen molar-refractivity contribution in [3.63, 3.8) is 0 Å². The maximum atomic E-state index is 11.8. The first-order valence-corrected chi connectivity index (χ1v) is 7.51. The first-order chi connectivity index (χ1) is 9.56. The first kappa shape index (κ1) is 15.1. The Bertz CT molecular complexity index is 479. The van der Waals surface area contributed by atoms with Crippen molar-refractivity contribution in [2.75, 3.05) is 0 Å². The van der Waals surface area contributed by atoms with E-state index in [1.165, 1.54) is 0 Å². The smallest absolute Gasteiger partial charge is 0.315 e. The molecule has 0 heterocycles. The lowest BCUT2D eigenvalue weighted by molar-refractivity contribution is 0.137. The average molecular weight is 339 g/mol. The van der Waals surface area contributed by atoms with Crippen LogP contribution in [0.4, 0.5) is 4.79 Å². The highest BCUT2D eigenvalue weighted by molar-refractivity contribution is 9.10. The van der Waals surface area contributed by atoms with Crippen LogP contribution in [-0.2, 0) is 0 Å². The van der Waals surface area contributed by atoms with E-state index in [1.54, 1.807) is 6.92 Å². The van der Waals surface area contributed by atoms with Gasteiger partial charge < -0.3 is 15.7 Å². The zero-order chi connectivity index (χ0) is 14.5. The van der Waals surface area contributed by atoms with Crippen molar-refractivity contribution in [3.8, 4) is 0 Å². The highest BCUT2D eigenvalue weighted by Crippen LogP contribution is 2.19. The largest absolute Gasteiger partial charge is 0.386 e. The van der Waals surface area contributed by atoms with Gasteiger partial charge in [-0.25, -0.2) is 4.79 Å². The SMILES string of the molecule is CC(NC(=O)NC1CC=CC1)C(O)c1ccc(Br)cc1. The molecule has 4 nitrogen and oxygen atoms in total. The summed E-state index contributed by atoms with van der Waals surface area (Å²) in [4.78, 5) is 11.8. The normalized spacial score (nSPS) is 17.8. The minimum Gasteiger partial charge on any atom is -0.386 e. The van der Waals surface area contributed by atoms with Crippen LogP contribution in [-0.4, -0.2) is 23.2 Å². The second-order valence-electron chi connectivity index (χ2n) is 5.04. The zero-order valence-corrected chi connectivity index (χ0v) is 12.9. The summed E-state index contributed by atoms with van der Waals surface area (Å²) in [6.45, 7) is 1.79. The van der Waals surface area contributed by atoms with E-state index >= 15 is 0 Å². The molecule has 0 fully saturated rings. The van der Waals surface area contributed by atoms with Crippen LogP contribution < -0.4 is 10.6 Å². The second-order valence-corrected chi connectivity index (χ2v) is 5.96. The number of amides is 2. The molecule has 108 valence electrons. The number of hydrogen-bond donors (Lipinski definition) is 3. The molecule has 0 aromatic heterocycles. The van der Waals surface area contributed by atoms with E-state index in [-0.39, 0.29) is 18.1 Å². The van der Waals surface area contributed by atoms with E-state index in [0.717, 1.165) is 22.9 Å². The van der Waals surface area contributed by atoms with Crippen LogP contribution in [0.1, 0.15) is 31.4 Å². The number of urea groups is 1. The number of carbonyl (C=O) groups excluding carboxylic acids is 1. The Morgan fingerprint density at radius 2 is 1.90 bits per heavy atom. The molecule has 1 aromatic carbocycles. The Kier molecular flexibility index (Phi) is 5.20. The fraction of sp³-hybridized carbons (Fsp3) is 0.400. The molecule has 0 bridgehead atoms. The molecule has 2 rings (SSSR count). The molecule has 20 heavy (non-hydrogen) atoms. The van der Waals surface area contributed by atoms with Crippen molar-refractivity contribution in [1.82, 2.24) is 10.6 Å². The lowest BCUT2D eigenvalue weighted by Crippen LogP contribution is -2.46. The minimum atomic E-state index is -0.726. The minimum absolute atomic E-state index is 0.173. The van der Waals surface area contributed by atoms with Crippen molar-refractivity contribution in [2.45, 2.75) is 38.0 Å². The predicted octanol–water partition coefficient (Wildman–Crippen LogP) is 2.89. The van der Waals surface area contributed by atoms with Gasteiger partial charge in [-0.05, 0) is 37.5 Å². The van der Waals surface area contributed by atoms with Gasteiger partial charge >= 0.3 is 6.03 Å². The van der Waals surface area contributed by atoms with Crippen molar-refractivity contribution in [2.24, 2.45) is 0 Å². The Morgan fingerprint density at radius 3 is 2.50 bits per heavy atom. The average Bonchev–Trinajstić information content (AvgIpc) is 2.91. The number of aliphatic hydroxyl groups excluding tert-OH is 1.